The van der Waals surface area contributed by atoms with Crippen molar-refractivity contribution in [3.63, 3.8) is 0 Å². The third-order valence-corrected chi connectivity index (χ3v) is 13.5. The number of piperazine rings is 1. The van der Waals surface area contributed by atoms with Gasteiger partial charge in [-0.15, -0.1) is 0 Å². The van der Waals surface area contributed by atoms with Crippen LogP contribution in [0.25, 0.3) is 16.6 Å². The third-order valence-electron chi connectivity index (χ3n) is 13.5. The average Bonchev–Trinajstić information content (AvgIpc) is 3.78. The van der Waals surface area contributed by atoms with Crippen LogP contribution in [0.4, 0.5) is 26.0 Å². The highest BCUT2D eigenvalue weighted by Gasteiger charge is 2.39. The minimum absolute atomic E-state index is 0.150. The van der Waals surface area contributed by atoms with E-state index in [-0.39, 0.29) is 23.3 Å². The lowest BCUT2D eigenvalue weighted by atomic mass is 9.86. The number of hydrogen-bond donors (Lipinski definition) is 4. The summed E-state index contributed by atoms with van der Waals surface area (Å²) < 4.78 is 36.5. The molecule has 2 aromatic carbocycles. The molecular formula is C52H61F2N11O5. The fraction of sp³-hybridized carbons (Fsp3) is 0.442. The zero-order valence-electron chi connectivity index (χ0n) is 39.7. The first-order valence-corrected chi connectivity index (χ1v) is 24.5. The lowest BCUT2D eigenvalue weighted by Gasteiger charge is -2.46. The number of halogens is 2. The molecule has 16 nitrogen and oxygen atoms in total. The molecule has 3 fully saturated rings. The first-order valence-electron chi connectivity index (χ1n) is 24.5. The second kappa shape index (κ2) is 23.0. The van der Waals surface area contributed by atoms with Gasteiger partial charge in [-0.25, -0.2) is 18.3 Å². The summed E-state index contributed by atoms with van der Waals surface area (Å²) in [6, 6.07) is 18.3. The van der Waals surface area contributed by atoms with Crippen LogP contribution in [0.5, 0.6) is 5.75 Å². The van der Waals surface area contributed by atoms with E-state index >= 15 is 0 Å². The van der Waals surface area contributed by atoms with Crippen molar-refractivity contribution in [3.8, 4) is 22.9 Å². The Balaban J connectivity index is 0.787. The third kappa shape index (κ3) is 12.4. The molecule has 8 rings (SSSR count). The second-order valence-electron chi connectivity index (χ2n) is 18.4. The largest absolute Gasteiger partial charge is 0.492 e. The van der Waals surface area contributed by atoms with Gasteiger partial charge in [-0.2, -0.15) is 10.4 Å². The number of anilines is 3. The molecule has 0 radical (unpaired) electrons. The van der Waals surface area contributed by atoms with E-state index in [1.807, 2.05) is 54.3 Å². The Morgan fingerprint density at radius 2 is 1.69 bits per heavy atom. The lowest BCUT2D eigenvalue weighted by Crippen LogP contribution is -2.62. The molecule has 3 aromatic heterocycles. The van der Waals surface area contributed by atoms with Crippen molar-refractivity contribution in [2.45, 2.75) is 89.1 Å². The summed E-state index contributed by atoms with van der Waals surface area (Å²) in [5.41, 5.74) is 3.36. The molecule has 6 heterocycles. The van der Waals surface area contributed by atoms with Gasteiger partial charge in [0.05, 0.1) is 41.2 Å². The number of carbonyl (C=O) groups excluding carboxylic acids is 4. The highest BCUT2D eigenvalue weighted by molar-refractivity contribution is 6.01. The predicted octanol–water partition coefficient (Wildman–Crippen LogP) is 6.92. The molecule has 1 unspecified atom stereocenters. The van der Waals surface area contributed by atoms with Crippen molar-refractivity contribution in [1.82, 2.24) is 35.0 Å². The van der Waals surface area contributed by atoms with Crippen molar-refractivity contribution < 1.29 is 32.7 Å². The first kappa shape index (κ1) is 49.3. The molecule has 0 aliphatic carbocycles. The van der Waals surface area contributed by atoms with Gasteiger partial charge in [0.15, 0.2) is 0 Å². The minimum Gasteiger partial charge on any atom is -0.492 e. The van der Waals surface area contributed by atoms with Crippen LogP contribution in [0, 0.1) is 23.0 Å². The van der Waals surface area contributed by atoms with Gasteiger partial charge in [0, 0.05) is 93.9 Å². The maximum Gasteiger partial charge on any atom is 0.254 e. The number of aromatic nitrogens is 3. The lowest BCUT2D eigenvalue weighted by molar-refractivity contribution is -0.134. The quantitative estimate of drug-likeness (QED) is 0.0467. The zero-order valence-corrected chi connectivity index (χ0v) is 39.7. The summed E-state index contributed by atoms with van der Waals surface area (Å²) >= 11 is 0. The van der Waals surface area contributed by atoms with Crippen molar-refractivity contribution in [2.75, 3.05) is 74.5 Å². The van der Waals surface area contributed by atoms with Crippen LogP contribution in [-0.4, -0.2) is 119 Å². The van der Waals surface area contributed by atoms with E-state index in [1.54, 1.807) is 16.9 Å². The van der Waals surface area contributed by atoms with Gasteiger partial charge >= 0.3 is 0 Å². The summed E-state index contributed by atoms with van der Waals surface area (Å²) in [5.74, 6) is -1.17. The van der Waals surface area contributed by atoms with E-state index in [1.165, 1.54) is 6.20 Å². The van der Waals surface area contributed by atoms with Gasteiger partial charge in [0.2, 0.25) is 17.7 Å². The van der Waals surface area contributed by atoms with Crippen LogP contribution in [0.2, 0.25) is 0 Å². The number of carbonyl (C=O) groups is 4. The fourth-order valence-electron chi connectivity index (χ4n) is 9.68. The maximum atomic E-state index is 14.9. The smallest absolute Gasteiger partial charge is 0.254 e. The summed E-state index contributed by atoms with van der Waals surface area (Å²) in [5, 5.41) is 26.3. The van der Waals surface area contributed by atoms with Gasteiger partial charge in [-0.05, 0) is 93.6 Å². The molecule has 3 aliphatic heterocycles. The molecule has 1 atom stereocenters. The molecule has 0 bridgehead atoms. The van der Waals surface area contributed by atoms with Crippen molar-refractivity contribution in [1.29, 1.82) is 5.26 Å². The Labute approximate surface area is 406 Å². The number of amides is 4. The second-order valence-corrected chi connectivity index (χ2v) is 18.4. The highest BCUT2D eigenvalue weighted by atomic mass is 19.1. The Morgan fingerprint density at radius 3 is 2.43 bits per heavy atom. The zero-order chi connectivity index (χ0) is 49.0. The Kier molecular flexibility index (Phi) is 16.2. The Morgan fingerprint density at radius 1 is 0.914 bits per heavy atom. The van der Waals surface area contributed by atoms with Crippen molar-refractivity contribution in [3.05, 3.63) is 102 Å². The number of ether oxygens (including phenoxy) is 1. The number of nitriles is 1. The molecule has 5 aromatic rings. The van der Waals surface area contributed by atoms with E-state index in [0.717, 1.165) is 91.6 Å². The van der Waals surface area contributed by atoms with Crippen molar-refractivity contribution >= 4 is 46.3 Å². The number of hydrogen-bond acceptors (Lipinski definition) is 12. The monoisotopic (exact) mass is 957 g/mol. The number of benzene rings is 2. The number of unbranched alkanes of at least 4 members (excludes halogenated alkanes) is 5. The molecule has 3 aliphatic rings. The predicted molar refractivity (Wildman–Crippen MR) is 262 cm³/mol. The molecule has 18 heteroatoms. The van der Waals surface area contributed by atoms with Crippen LogP contribution in [-0.2, 0) is 14.4 Å². The summed E-state index contributed by atoms with van der Waals surface area (Å²) in [4.78, 5) is 61.7. The van der Waals surface area contributed by atoms with Gasteiger partial charge in [0.25, 0.3) is 5.91 Å². The van der Waals surface area contributed by atoms with Gasteiger partial charge in [-0.3, -0.25) is 29.4 Å². The van der Waals surface area contributed by atoms with Gasteiger partial charge < -0.3 is 30.5 Å². The standard InChI is InChI=1S/C52H61F2N11O5/c1-2-70-41-30-42(49-37(31-55)33-58-65(49)34-41)36-13-17-46(57-32-36)63-22-19-52(20-23-63,61-50(68)43-28-38(53)14-15-44(43)54)35-62-24-26-64(27-25-62)48(67)12-7-5-3-4-6-8-21-56-39-10-9-11-40(29-39)59-45-16-18-47(66)60-51(45)69/h9-11,13-15,17,28-30,32-34,45,56,59H,2-8,12,16,18-27,35H2,1H3,(H,61,68)(H,60,66,69). The molecule has 4 amide bonds. The van der Waals surface area contributed by atoms with Crippen LogP contribution in [0.1, 0.15) is 93.5 Å². The fourth-order valence-corrected chi connectivity index (χ4v) is 9.68. The van der Waals surface area contributed by atoms with Crippen LogP contribution in [0.3, 0.4) is 0 Å². The molecule has 70 heavy (non-hydrogen) atoms. The summed E-state index contributed by atoms with van der Waals surface area (Å²) in [7, 11) is 0. The summed E-state index contributed by atoms with van der Waals surface area (Å²) in [6.45, 7) is 7.16. The molecular weight excluding hydrogens is 897 g/mol. The molecule has 0 saturated carbocycles. The summed E-state index contributed by atoms with van der Waals surface area (Å²) in [6.07, 6.45) is 13.4. The number of piperidine rings is 2. The van der Waals surface area contributed by atoms with Crippen LogP contribution < -0.4 is 30.9 Å². The molecule has 368 valence electrons. The highest BCUT2D eigenvalue weighted by Crippen LogP contribution is 2.33. The van der Waals surface area contributed by atoms with E-state index in [4.69, 9.17) is 9.72 Å². The Hall–Kier alpha value is -7.13. The Bertz CT molecular complexity index is 2690. The normalized spacial score (nSPS) is 17.2. The number of imide groups is 1. The number of rotatable bonds is 20. The topological polar surface area (TPSA) is 189 Å². The average molecular weight is 958 g/mol. The molecule has 0 spiro atoms. The van der Waals surface area contributed by atoms with Gasteiger partial charge in [0.1, 0.15) is 35.3 Å². The van der Waals surface area contributed by atoms with Crippen LogP contribution >= 0.6 is 0 Å². The maximum absolute atomic E-state index is 14.9. The number of nitrogens with one attached hydrogen (secondary N) is 4. The van der Waals surface area contributed by atoms with Crippen molar-refractivity contribution in [2.24, 2.45) is 0 Å². The first-order chi connectivity index (χ1) is 34.0. The van der Waals surface area contributed by atoms with E-state index in [2.05, 4.69) is 42.2 Å². The molecule has 3 saturated heterocycles. The minimum atomic E-state index is -0.792. The van der Waals surface area contributed by atoms with E-state index in [9.17, 15) is 33.2 Å². The number of pyridine rings is 2. The number of fused-ring (bicyclic) bond motifs is 1. The van der Waals surface area contributed by atoms with E-state index < -0.39 is 29.1 Å². The number of nitrogens with zero attached hydrogens (tertiary/aromatic N) is 7. The SMILES string of the molecule is CCOc1cc(-c2ccc(N3CCC(CN4CCN(C(=O)CCCCCCCCNc5cccc(NC6CCC(=O)NC6=O)c5)CC4)(NC(=O)c4cc(F)ccc4F)CC3)nc2)c2c(C#N)cnn2c1. The molecule has 4 N–H and O–H groups in total. The van der Waals surface area contributed by atoms with Crippen LogP contribution in [0.15, 0.2) is 79.3 Å². The van der Waals surface area contributed by atoms with E-state index in [0.29, 0.717) is 101 Å². The van der Waals surface area contributed by atoms with Gasteiger partial charge in [-0.1, -0.05) is 31.7 Å².